The van der Waals surface area contributed by atoms with E-state index in [1.165, 1.54) is 0 Å². The van der Waals surface area contributed by atoms with E-state index in [4.69, 9.17) is 0 Å². The van der Waals surface area contributed by atoms with Crippen LogP contribution in [0.1, 0.15) is 21.5 Å². The molecule has 1 aliphatic heterocycles. The van der Waals surface area contributed by atoms with Gasteiger partial charge in [-0.25, -0.2) is 4.99 Å². The van der Waals surface area contributed by atoms with Crippen LogP contribution in [0, 0.1) is 6.92 Å². The van der Waals surface area contributed by atoms with Crippen LogP contribution in [0.2, 0.25) is 0 Å². The summed E-state index contributed by atoms with van der Waals surface area (Å²) in [7, 11) is 0. The van der Waals surface area contributed by atoms with Crippen molar-refractivity contribution in [2.75, 3.05) is 18.0 Å². The van der Waals surface area contributed by atoms with Crippen molar-refractivity contribution in [1.29, 1.82) is 0 Å². The van der Waals surface area contributed by atoms with Crippen LogP contribution in [0.3, 0.4) is 0 Å². The minimum absolute atomic E-state index is 0.00241. The molecule has 3 rings (SSSR count). The van der Waals surface area contributed by atoms with E-state index >= 15 is 0 Å². The summed E-state index contributed by atoms with van der Waals surface area (Å²) in [6.07, 6.45) is 1.57. The number of amides is 1. The zero-order valence-corrected chi connectivity index (χ0v) is 12.3. The molecule has 1 aliphatic rings. The van der Waals surface area contributed by atoms with Gasteiger partial charge in [-0.2, -0.15) is 0 Å². The molecule has 0 N–H and O–H groups in total. The molecule has 0 unspecified atom stereocenters. The molecular weight excluding hydrogens is 276 g/mol. The van der Waals surface area contributed by atoms with Gasteiger partial charge in [0.15, 0.2) is 5.78 Å². The zero-order valence-electron chi connectivity index (χ0n) is 12.3. The molecule has 0 spiro atoms. The Kier molecular flexibility index (Phi) is 3.83. The van der Waals surface area contributed by atoms with Crippen LogP contribution >= 0.6 is 0 Å². The number of aryl methyl sites for hydroxylation is 1. The molecule has 0 fully saturated rings. The van der Waals surface area contributed by atoms with Gasteiger partial charge in [-0.3, -0.25) is 9.59 Å². The lowest BCUT2D eigenvalue weighted by molar-refractivity contribution is -0.116. The van der Waals surface area contributed by atoms with E-state index in [0.717, 1.165) is 16.8 Å². The van der Waals surface area contributed by atoms with Crippen molar-refractivity contribution in [2.24, 2.45) is 4.99 Å². The van der Waals surface area contributed by atoms with Gasteiger partial charge in [-0.05, 0) is 18.6 Å². The average Bonchev–Trinajstić information content (AvgIpc) is 2.67. The molecule has 4 heteroatoms. The van der Waals surface area contributed by atoms with Crippen LogP contribution in [-0.2, 0) is 4.79 Å². The van der Waals surface area contributed by atoms with Gasteiger partial charge in [0.25, 0.3) is 5.91 Å². The quantitative estimate of drug-likeness (QED) is 0.817. The molecule has 0 aromatic heterocycles. The number of hydrogen-bond acceptors (Lipinski definition) is 3. The summed E-state index contributed by atoms with van der Waals surface area (Å²) in [4.78, 5) is 30.1. The summed E-state index contributed by atoms with van der Waals surface area (Å²) >= 11 is 0. The Balaban J connectivity index is 1.90. The van der Waals surface area contributed by atoms with Gasteiger partial charge in [-0.15, -0.1) is 0 Å². The maximum Gasteiger partial charge on any atom is 0.265 e. The molecule has 0 saturated heterocycles. The van der Waals surface area contributed by atoms with Crippen molar-refractivity contribution < 1.29 is 9.59 Å². The number of para-hydroxylation sites is 1. The van der Waals surface area contributed by atoms with Gasteiger partial charge in [0, 0.05) is 23.0 Å². The highest BCUT2D eigenvalue weighted by Gasteiger charge is 2.20. The van der Waals surface area contributed by atoms with Crippen molar-refractivity contribution in [3.63, 3.8) is 0 Å². The highest BCUT2D eigenvalue weighted by molar-refractivity contribution is 6.04. The molecule has 1 heterocycles. The van der Waals surface area contributed by atoms with E-state index in [1.807, 2.05) is 55.5 Å². The normalized spacial score (nSPS) is 13.7. The third kappa shape index (κ3) is 2.81. The van der Waals surface area contributed by atoms with E-state index in [2.05, 4.69) is 4.99 Å². The fraction of sp³-hybridized carbons (Fsp3) is 0.167. The Hall–Kier alpha value is -2.75. The summed E-state index contributed by atoms with van der Waals surface area (Å²) in [5.74, 6) is -0.239. The first-order chi connectivity index (χ1) is 10.6. The second-order valence-corrected chi connectivity index (χ2v) is 5.30. The molecule has 1 amide bonds. The summed E-state index contributed by atoms with van der Waals surface area (Å²) in [6, 6.07) is 15.1. The third-order valence-corrected chi connectivity index (χ3v) is 3.73. The molecular formula is C18H16N2O2. The first-order valence-electron chi connectivity index (χ1n) is 7.15. The van der Waals surface area contributed by atoms with Crippen molar-refractivity contribution >= 4 is 23.6 Å². The number of carbonyl (C=O) groups is 2. The van der Waals surface area contributed by atoms with Crippen molar-refractivity contribution in [1.82, 2.24) is 0 Å². The molecule has 2 aromatic carbocycles. The molecule has 2 aromatic rings. The van der Waals surface area contributed by atoms with Gasteiger partial charge in [0.05, 0.1) is 13.1 Å². The smallest absolute Gasteiger partial charge is 0.265 e. The number of Topliss-reactive ketones (excluding diaryl/α,β-unsaturated/α-hetero) is 1. The highest BCUT2D eigenvalue weighted by atomic mass is 16.1. The van der Waals surface area contributed by atoms with E-state index < -0.39 is 0 Å². The number of benzodiazepines with no additional fused rings is 1. The Labute approximate surface area is 129 Å². The molecule has 4 nitrogen and oxygen atoms in total. The lowest BCUT2D eigenvalue weighted by atomic mass is 10.0. The van der Waals surface area contributed by atoms with E-state index in [-0.39, 0.29) is 24.8 Å². The summed E-state index contributed by atoms with van der Waals surface area (Å²) in [5.41, 5.74) is 3.35. The Morgan fingerprint density at radius 2 is 1.86 bits per heavy atom. The fourth-order valence-electron chi connectivity index (χ4n) is 2.60. The second-order valence-electron chi connectivity index (χ2n) is 5.30. The van der Waals surface area contributed by atoms with Crippen LogP contribution in [-0.4, -0.2) is 31.0 Å². The molecule has 0 atom stereocenters. The summed E-state index contributed by atoms with van der Waals surface area (Å²) < 4.78 is 0. The van der Waals surface area contributed by atoms with Gasteiger partial charge in [0.2, 0.25) is 0 Å². The number of ketones is 1. The third-order valence-electron chi connectivity index (χ3n) is 3.73. The predicted molar refractivity (Wildman–Crippen MR) is 86.8 cm³/mol. The maximum absolute atomic E-state index is 12.6. The van der Waals surface area contributed by atoms with Gasteiger partial charge < -0.3 is 4.90 Å². The molecule has 110 valence electrons. The number of anilines is 1. The number of benzene rings is 2. The molecule has 0 bridgehead atoms. The van der Waals surface area contributed by atoms with Gasteiger partial charge in [0.1, 0.15) is 0 Å². The van der Waals surface area contributed by atoms with E-state index in [1.54, 1.807) is 11.1 Å². The number of aliphatic imine (C=N–C) groups is 1. The number of fused-ring (bicyclic) bond motifs is 1. The SMILES string of the molecule is Cc1ccccc1C(=O)CN1CC(=O)N=Cc2ccccc21. The van der Waals surface area contributed by atoms with Crippen LogP contribution in [0.25, 0.3) is 0 Å². The lowest BCUT2D eigenvalue weighted by Gasteiger charge is -2.23. The standard InChI is InChI=1S/C18H16N2O2/c1-13-6-2-4-8-15(13)17(21)11-20-12-18(22)19-10-14-7-3-5-9-16(14)20/h2-10H,11-12H2,1H3. The van der Waals surface area contributed by atoms with E-state index in [9.17, 15) is 9.59 Å². The van der Waals surface area contributed by atoms with Crippen LogP contribution in [0.4, 0.5) is 5.69 Å². The van der Waals surface area contributed by atoms with Crippen molar-refractivity contribution in [2.45, 2.75) is 6.92 Å². The molecule has 22 heavy (non-hydrogen) atoms. The fourth-order valence-corrected chi connectivity index (χ4v) is 2.60. The summed E-state index contributed by atoms with van der Waals surface area (Å²) in [6.45, 7) is 2.19. The van der Waals surface area contributed by atoms with Crippen molar-refractivity contribution in [3.8, 4) is 0 Å². The molecule has 0 saturated carbocycles. The van der Waals surface area contributed by atoms with Crippen LogP contribution < -0.4 is 4.90 Å². The molecule has 0 radical (unpaired) electrons. The Morgan fingerprint density at radius 3 is 2.68 bits per heavy atom. The van der Waals surface area contributed by atoms with Crippen molar-refractivity contribution in [3.05, 3.63) is 65.2 Å². The lowest BCUT2D eigenvalue weighted by Crippen LogP contribution is -2.34. The largest absolute Gasteiger partial charge is 0.354 e. The Bertz CT molecular complexity index is 765. The summed E-state index contributed by atoms with van der Waals surface area (Å²) in [5, 5.41) is 0. The first kappa shape index (κ1) is 14.2. The topological polar surface area (TPSA) is 49.7 Å². The number of nitrogens with zero attached hydrogens (tertiary/aromatic N) is 2. The second kappa shape index (κ2) is 5.93. The maximum atomic E-state index is 12.6. The number of rotatable bonds is 3. The van der Waals surface area contributed by atoms with Crippen LogP contribution in [0.5, 0.6) is 0 Å². The predicted octanol–water partition coefficient (Wildman–Crippen LogP) is 2.64. The highest BCUT2D eigenvalue weighted by Crippen LogP contribution is 2.21. The average molecular weight is 292 g/mol. The minimum Gasteiger partial charge on any atom is -0.354 e. The molecule has 0 aliphatic carbocycles. The monoisotopic (exact) mass is 292 g/mol. The number of hydrogen-bond donors (Lipinski definition) is 0. The number of carbonyl (C=O) groups excluding carboxylic acids is 2. The minimum atomic E-state index is -0.242. The van der Waals surface area contributed by atoms with Gasteiger partial charge >= 0.3 is 0 Å². The van der Waals surface area contributed by atoms with Crippen LogP contribution in [0.15, 0.2) is 53.5 Å². The van der Waals surface area contributed by atoms with Gasteiger partial charge in [-0.1, -0.05) is 42.5 Å². The zero-order chi connectivity index (χ0) is 15.5. The van der Waals surface area contributed by atoms with E-state index in [0.29, 0.717) is 5.56 Å². The Morgan fingerprint density at radius 1 is 1.14 bits per heavy atom. The first-order valence-corrected chi connectivity index (χ1v) is 7.15.